The molecular weight excluding hydrogens is 326 g/mol. The first kappa shape index (κ1) is 15.9. The maximum absolute atomic E-state index is 13.1. The molecule has 0 saturated carbocycles. The van der Waals surface area contributed by atoms with E-state index in [0.717, 1.165) is 18.7 Å². The minimum atomic E-state index is -0.413. The monoisotopic (exact) mass is 349 g/mol. The lowest BCUT2D eigenvalue weighted by atomic mass is 9.78. The van der Waals surface area contributed by atoms with Crippen LogP contribution < -0.4 is 4.90 Å². The van der Waals surface area contributed by atoms with Gasteiger partial charge < -0.3 is 19.4 Å². The van der Waals surface area contributed by atoms with Crippen LogP contribution in [0.2, 0.25) is 0 Å². The van der Waals surface area contributed by atoms with E-state index in [1.54, 1.807) is 11.3 Å². The highest BCUT2D eigenvalue weighted by molar-refractivity contribution is 7.08. The Morgan fingerprint density at radius 1 is 1.29 bits per heavy atom. The van der Waals surface area contributed by atoms with Crippen LogP contribution in [0.4, 0.5) is 10.5 Å². The number of carbonyl (C=O) groups excluding carboxylic acids is 2. The summed E-state index contributed by atoms with van der Waals surface area (Å²) in [5.41, 5.74) is 0.580. The smallest absolute Gasteiger partial charge is 0.320 e. The molecular formula is C17H23N3O3S. The first-order chi connectivity index (χ1) is 11.6. The molecule has 0 aliphatic carbocycles. The van der Waals surface area contributed by atoms with E-state index in [9.17, 15) is 9.59 Å². The van der Waals surface area contributed by atoms with Crippen LogP contribution in [0.25, 0.3) is 0 Å². The molecule has 4 rings (SSSR count). The number of urea groups is 1. The SMILES string of the molecule is C[C@@H]1CN(C(=O)N2CCOCC2)C[C@]12CCN(c1ccsc1)C2=O. The molecule has 3 fully saturated rings. The van der Waals surface area contributed by atoms with E-state index in [-0.39, 0.29) is 17.9 Å². The topological polar surface area (TPSA) is 53.1 Å². The molecule has 24 heavy (non-hydrogen) atoms. The lowest BCUT2D eigenvalue weighted by Gasteiger charge is -2.31. The van der Waals surface area contributed by atoms with Crippen LogP contribution in [0, 0.1) is 11.3 Å². The number of morpholine rings is 1. The van der Waals surface area contributed by atoms with Gasteiger partial charge in [0, 0.05) is 38.1 Å². The van der Waals surface area contributed by atoms with Gasteiger partial charge >= 0.3 is 6.03 Å². The van der Waals surface area contributed by atoms with Crippen molar-refractivity contribution < 1.29 is 14.3 Å². The highest BCUT2D eigenvalue weighted by Gasteiger charge is 2.56. The highest BCUT2D eigenvalue weighted by atomic mass is 32.1. The van der Waals surface area contributed by atoms with Gasteiger partial charge in [-0.2, -0.15) is 11.3 Å². The molecule has 7 heteroatoms. The molecule has 2 atom stereocenters. The Labute approximate surface area is 146 Å². The predicted octanol–water partition coefficient (Wildman–Crippen LogP) is 1.88. The molecule has 0 radical (unpaired) electrons. The summed E-state index contributed by atoms with van der Waals surface area (Å²) in [6.45, 7) is 6.57. The van der Waals surface area contributed by atoms with Crippen molar-refractivity contribution in [3.8, 4) is 0 Å². The van der Waals surface area contributed by atoms with Crippen molar-refractivity contribution in [2.75, 3.05) is 50.8 Å². The Morgan fingerprint density at radius 3 is 2.79 bits per heavy atom. The summed E-state index contributed by atoms with van der Waals surface area (Å²) >= 11 is 1.61. The highest BCUT2D eigenvalue weighted by Crippen LogP contribution is 2.46. The third kappa shape index (κ3) is 2.41. The zero-order chi connectivity index (χ0) is 16.7. The maximum Gasteiger partial charge on any atom is 0.320 e. The average Bonchev–Trinajstić information content (AvgIpc) is 3.31. The Balaban J connectivity index is 1.50. The van der Waals surface area contributed by atoms with E-state index in [2.05, 4.69) is 6.92 Å². The van der Waals surface area contributed by atoms with Crippen molar-refractivity contribution in [1.82, 2.24) is 9.80 Å². The lowest BCUT2D eigenvalue weighted by Crippen LogP contribution is -2.48. The van der Waals surface area contributed by atoms with Gasteiger partial charge in [0.1, 0.15) is 0 Å². The van der Waals surface area contributed by atoms with Crippen molar-refractivity contribution in [2.24, 2.45) is 11.3 Å². The van der Waals surface area contributed by atoms with Crippen molar-refractivity contribution in [3.05, 3.63) is 16.8 Å². The lowest BCUT2D eigenvalue weighted by molar-refractivity contribution is -0.126. The van der Waals surface area contributed by atoms with Crippen LogP contribution in [0.1, 0.15) is 13.3 Å². The first-order valence-electron chi connectivity index (χ1n) is 8.57. The Hall–Kier alpha value is -1.60. The molecule has 3 saturated heterocycles. The first-order valence-corrected chi connectivity index (χ1v) is 9.52. The molecule has 0 bridgehead atoms. The van der Waals surface area contributed by atoms with E-state index >= 15 is 0 Å². The van der Waals surface area contributed by atoms with E-state index in [4.69, 9.17) is 4.74 Å². The fourth-order valence-electron chi connectivity index (χ4n) is 4.22. The molecule has 1 aromatic heterocycles. The van der Waals surface area contributed by atoms with Crippen molar-refractivity contribution in [2.45, 2.75) is 13.3 Å². The van der Waals surface area contributed by atoms with E-state index < -0.39 is 5.41 Å². The average molecular weight is 349 g/mol. The van der Waals surface area contributed by atoms with E-state index in [1.807, 2.05) is 31.5 Å². The molecule has 3 aliphatic rings. The number of anilines is 1. The molecule has 3 aliphatic heterocycles. The molecule has 4 heterocycles. The van der Waals surface area contributed by atoms with Gasteiger partial charge in [-0.3, -0.25) is 4.79 Å². The van der Waals surface area contributed by atoms with Gasteiger partial charge in [-0.15, -0.1) is 0 Å². The largest absolute Gasteiger partial charge is 0.378 e. The summed E-state index contributed by atoms with van der Waals surface area (Å²) in [5.74, 6) is 0.379. The number of carbonyl (C=O) groups is 2. The molecule has 1 spiro atoms. The van der Waals surface area contributed by atoms with Gasteiger partial charge in [0.2, 0.25) is 5.91 Å². The quantitative estimate of drug-likeness (QED) is 0.778. The van der Waals surface area contributed by atoms with Crippen LogP contribution >= 0.6 is 11.3 Å². The van der Waals surface area contributed by atoms with Gasteiger partial charge in [-0.05, 0) is 23.8 Å². The number of hydrogen-bond donors (Lipinski definition) is 0. The molecule has 6 nitrogen and oxygen atoms in total. The summed E-state index contributed by atoms with van der Waals surface area (Å²) in [7, 11) is 0. The number of likely N-dealkylation sites (tertiary alicyclic amines) is 1. The van der Waals surface area contributed by atoms with Gasteiger partial charge in [0.15, 0.2) is 0 Å². The van der Waals surface area contributed by atoms with E-state index in [0.29, 0.717) is 39.4 Å². The van der Waals surface area contributed by atoms with E-state index in [1.165, 1.54) is 0 Å². The number of hydrogen-bond acceptors (Lipinski definition) is 4. The number of ether oxygens (including phenoxy) is 1. The standard InChI is InChI=1S/C17H23N3O3S/c1-13-10-19(16(22)18-5-7-23-8-6-18)12-17(13)3-4-20(15(17)21)14-2-9-24-11-14/h2,9,11,13H,3-8,10,12H2,1H3/t13-,17-/m1/s1. The zero-order valence-electron chi connectivity index (χ0n) is 13.9. The van der Waals surface area contributed by atoms with Crippen molar-refractivity contribution >= 4 is 29.0 Å². The van der Waals surface area contributed by atoms with Crippen molar-refractivity contribution in [1.29, 1.82) is 0 Å². The second-order valence-electron chi connectivity index (χ2n) is 7.01. The Kier molecular flexibility index (Phi) is 4.00. The van der Waals surface area contributed by atoms with Crippen LogP contribution in [0.5, 0.6) is 0 Å². The summed E-state index contributed by atoms with van der Waals surface area (Å²) in [5, 5.41) is 4.02. The zero-order valence-corrected chi connectivity index (χ0v) is 14.8. The second kappa shape index (κ2) is 6.04. The molecule has 0 aromatic carbocycles. The summed E-state index contributed by atoms with van der Waals surface area (Å²) in [6, 6.07) is 2.06. The molecule has 3 amide bonds. The minimum absolute atomic E-state index is 0.0591. The van der Waals surface area contributed by atoms with Gasteiger partial charge in [0.25, 0.3) is 0 Å². The van der Waals surface area contributed by atoms with Gasteiger partial charge in [0.05, 0.1) is 24.3 Å². The van der Waals surface area contributed by atoms with Crippen molar-refractivity contribution in [3.63, 3.8) is 0 Å². The number of amides is 3. The van der Waals surface area contributed by atoms with Crippen LogP contribution in [0.15, 0.2) is 16.8 Å². The van der Waals surface area contributed by atoms with Gasteiger partial charge in [-0.25, -0.2) is 4.79 Å². The number of rotatable bonds is 1. The second-order valence-corrected chi connectivity index (χ2v) is 7.79. The van der Waals surface area contributed by atoms with Crippen LogP contribution in [0.3, 0.4) is 0 Å². The van der Waals surface area contributed by atoms with Gasteiger partial charge in [-0.1, -0.05) is 6.92 Å². The fourth-order valence-corrected chi connectivity index (χ4v) is 4.86. The maximum atomic E-state index is 13.1. The number of thiophene rings is 1. The third-order valence-electron chi connectivity index (χ3n) is 5.73. The van der Waals surface area contributed by atoms with Crippen LogP contribution in [-0.4, -0.2) is 67.7 Å². The summed E-state index contributed by atoms with van der Waals surface area (Å²) < 4.78 is 5.33. The molecule has 0 unspecified atom stereocenters. The Bertz CT molecular complexity index is 629. The number of nitrogens with zero attached hydrogens (tertiary/aromatic N) is 3. The Morgan fingerprint density at radius 2 is 2.08 bits per heavy atom. The summed E-state index contributed by atoms with van der Waals surface area (Å²) in [4.78, 5) is 31.5. The fraction of sp³-hybridized carbons (Fsp3) is 0.647. The summed E-state index contributed by atoms with van der Waals surface area (Å²) in [6.07, 6.45) is 0.829. The molecule has 1 aromatic rings. The molecule has 0 N–H and O–H groups in total. The normalized spacial score (nSPS) is 30.6. The van der Waals surface area contributed by atoms with Crippen LogP contribution in [-0.2, 0) is 9.53 Å². The third-order valence-corrected chi connectivity index (χ3v) is 6.40. The minimum Gasteiger partial charge on any atom is -0.378 e. The molecule has 130 valence electrons. The predicted molar refractivity (Wildman–Crippen MR) is 92.2 cm³/mol.